The number of carbonyl (C=O) groups excluding carboxylic acids is 1. The monoisotopic (exact) mass is 337 g/mol. The third-order valence-electron chi connectivity index (χ3n) is 5.96. The number of rotatable bonds is 4. The Hall–Kier alpha value is -0.650. The molecule has 5 heteroatoms. The number of hydrogen-bond acceptors (Lipinski definition) is 4. The Labute approximate surface area is 147 Å². The number of amides is 1. The smallest absolute Gasteiger partial charge is 0.225 e. The van der Waals surface area contributed by atoms with Crippen LogP contribution in [-0.4, -0.2) is 73.7 Å². The summed E-state index contributed by atoms with van der Waals surface area (Å²) < 4.78 is 5.82. The minimum Gasteiger partial charge on any atom is -0.373 e. The second kappa shape index (κ2) is 8.63. The molecule has 1 N–H and O–H groups in total. The lowest BCUT2D eigenvalue weighted by atomic mass is 9.90. The molecule has 138 valence electrons. The van der Waals surface area contributed by atoms with Crippen molar-refractivity contribution in [1.82, 2.24) is 15.1 Å². The minimum atomic E-state index is 0.277. The summed E-state index contributed by atoms with van der Waals surface area (Å²) in [6.45, 7) is 11.6. The Kier molecular flexibility index (Phi) is 6.53. The molecule has 24 heavy (non-hydrogen) atoms. The first-order valence-corrected chi connectivity index (χ1v) is 9.99. The van der Waals surface area contributed by atoms with E-state index >= 15 is 0 Å². The average molecular weight is 338 g/mol. The molecule has 0 aromatic heterocycles. The number of likely N-dealkylation sites (tertiary alicyclic amines) is 1. The first-order valence-electron chi connectivity index (χ1n) is 9.99. The number of piperidine rings is 2. The van der Waals surface area contributed by atoms with Crippen molar-refractivity contribution < 1.29 is 9.53 Å². The second-order valence-electron chi connectivity index (χ2n) is 8.10. The van der Waals surface area contributed by atoms with Gasteiger partial charge in [-0.2, -0.15) is 0 Å². The van der Waals surface area contributed by atoms with Crippen LogP contribution >= 0.6 is 0 Å². The van der Waals surface area contributed by atoms with Gasteiger partial charge in [0.2, 0.25) is 5.91 Å². The standard InChI is InChI=1S/C19H35N3O2/c1-15-13-21(14-16(2)24-15)10-5-17-6-11-22(12-7-17)19(23)18-3-8-20-9-4-18/h15-18,20H,3-14H2,1-2H3. The molecule has 3 fully saturated rings. The van der Waals surface area contributed by atoms with E-state index in [0.29, 0.717) is 18.1 Å². The lowest BCUT2D eigenvalue weighted by Crippen LogP contribution is -2.47. The van der Waals surface area contributed by atoms with Gasteiger partial charge in [0, 0.05) is 32.1 Å². The number of hydrogen-bond donors (Lipinski definition) is 1. The van der Waals surface area contributed by atoms with E-state index in [1.54, 1.807) is 0 Å². The highest BCUT2D eigenvalue weighted by atomic mass is 16.5. The topological polar surface area (TPSA) is 44.8 Å². The van der Waals surface area contributed by atoms with E-state index in [0.717, 1.165) is 58.0 Å². The Morgan fingerprint density at radius 2 is 1.67 bits per heavy atom. The van der Waals surface area contributed by atoms with Crippen LogP contribution in [0.15, 0.2) is 0 Å². The summed E-state index contributed by atoms with van der Waals surface area (Å²) >= 11 is 0. The van der Waals surface area contributed by atoms with Crippen molar-refractivity contribution in [2.24, 2.45) is 11.8 Å². The molecule has 3 heterocycles. The molecule has 3 saturated heterocycles. The van der Waals surface area contributed by atoms with Crippen LogP contribution in [-0.2, 0) is 9.53 Å². The third kappa shape index (κ3) is 4.93. The van der Waals surface area contributed by atoms with Crippen molar-refractivity contribution >= 4 is 5.91 Å². The maximum Gasteiger partial charge on any atom is 0.225 e. The van der Waals surface area contributed by atoms with Crippen LogP contribution in [0.1, 0.15) is 46.0 Å². The molecule has 2 unspecified atom stereocenters. The third-order valence-corrected chi connectivity index (χ3v) is 5.96. The van der Waals surface area contributed by atoms with Crippen LogP contribution in [0.25, 0.3) is 0 Å². The van der Waals surface area contributed by atoms with E-state index in [-0.39, 0.29) is 5.92 Å². The van der Waals surface area contributed by atoms with Crippen LogP contribution < -0.4 is 5.32 Å². The van der Waals surface area contributed by atoms with Gasteiger partial charge in [0.1, 0.15) is 0 Å². The van der Waals surface area contributed by atoms with Crippen LogP contribution in [0.3, 0.4) is 0 Å². The van der Waals surface area contributed by atoms with Gasteiger partial charge in [0.25, 0.3) is 0 Å². The molecule has 0 saturated carbocycles. The quantitative estimate of drug-likeness (QED) is 0.848. The summed E-state index contributed by atoms with van der Waals surface area (Å²) in [5, 5.41) is 3.35. The molecule has 3 rings (SSSR count). The van der Waals surface area contributed by atoms with Gasteiger partial charge >= 0.3 is 0 Å². The number of nitrogens with zero attached hydrogens (tertiary/aromatic N) is 2. The van der Waals surface area contributed by atoms with Gasteiger partial charge in [-0.05, 0) is 71.5 Å². The predicted octanol–water partition coefficient (Wildman–Crippen LogP) is 1.72. The summed E-state index contributed by atoms with van der Waals surface area (Å²) in [5.41, 5.74) is 0. The van der Waals surface area contributed by atoms with Crippen LogP contribution in [0.5, 0.6) is 0 Å². The van der Waals surface area contributed by atoms with Gasteiger partial charge in [-0.3, -0.25) is 9.69 Å². The lowest BCUT2D eigenvalue weighted by molar-refractivity contribution is -0.137. The van der Waals surface area contributed by atoms with E-state index in [9.17, 15) is 4.79 Å². The van der Waals surface area contributed by atoms with E-state index < -0.39 is 0 Å². The van der Waals surface area contributed by atoms with E-state index in [1.807, 2.05) is 0 Å². The highest BCUT2D eigenvalue weighted by Crippen LogP contribution is 2.24. The molecule has 5 nitrogen and oxygen atoms in total. The van der Waals surface area contributed by atoms with Crippen LogP contribution in [0, 0.1) is 11.8 Å². The van der Waals surface area contributed by atoms with Gasteiger partial charge in [0.05, 0.1) is 12.2 Å². The maximum absolute atomic E-state index is 12.6. The van der Waals surface area contributed by atoms with Crippen molar-refractivity contribution in [3.05, 3.63) is 0 Å². The molecule has 0 aromatic rings. The summed E-state index contributed by atoms with van der Waals surface area (Å²) in [6.07, 6.45) is 6.40. The zero-order valence-electron chi connectivity index (χ0n) is 15.5. The first-order chi connectivity index (χ1) is 11.6. The highest BCUT2D eigenvalue weighted by Gasteiger charge is 2.29. The Morgan fingerprint density at radius 1 is 1.04 bits per heavy atom. The molecular weight excluding hydrogens is 302 g/mol. The zero-order chi connectivity index (χ0) is 16.9. The van der Waals surface area contributed by atoms with Crippen molar-refractivity contribution in [3.63, 3.8) is 0 Å². The first kappa shape index (κ1) is 18.2. The molecule has 1 amide bonds. The molecule has 3 aliphatic rings. The van der Waals surface area contributed by atoms with Gasteiger partial charge in [-0.25, -0.2) is 0 Å². The molecule has 0 spiro atoms. The number of ether oxygens (including phenoxy) is 1. The molecule has 0 bridgehead atoms. The molecular formula is C19H35N3O2. The van der Waals surface area contributed by atoms with Crippen LogP contribution in [0.4, 0.5) is 0 Å². The fourth-order valence-electron chi connectivity index (χ4n) is 4.60. The highest BCUT2D eigenvalue weighted by molar-refractivity contribution is 5.79. The minimum absolute atomic E-state index is 0.277. The predicted molar refractivity (Wildman–Crippen MR) is 96.0 cm³/mol. The molecule has 0 aliphatic carbocycles. The van der Waals surface area contributed by atoms with E-state index in [1.165, 1.54) is 25.8 Å². The normalized spacial score (nSPS) is 31.3. The second-order valence-corrected chi connectivity index (χ2v) is 8.10. The van der Waals surface area contributed by atoms with Crippen molar-refractivity contribution in [2.75, 3.05) is 45.8 Å². The molecule has 2 atom stereocenters. The maximum atomic E-state index is 12.6. The van der Waals surface area contributed by atoms with E-state index in [4.69, 9.17) is 4.74 Å². The van der Waals surface area contributed by atoms with Crippen molar-refractivity contribution in [1.29, 1.82) is 0 Å². The van der Waals surface area contributed by atoms with E-state index in [2.05, 4.69) is 29.0 Å². The summed E-state index contributed by atoms with van der Waals surface area (Å²) in [4.78, 5) is 17.3. The molecule has 0 aromatic carbocycles. The summed E-state index contributed by atoms with van der Waals surface area (Å²) in [7, 11) is 0. The van der Waals surface area contributed by atoms with Gasteiger partial charge in [-0.1, -0.05) is 0 Å². The van der Waals surface area contributed by atoms with Gasteiger partial charge in [0.15, 0.2) is 0 Å². The fraction of sp³-hybridized carbons (Fsp3) is 0.947. The Bertz CT molecular complexity index is 393. The number of morpholine rings is 1. The Balaban J connectivity index is 1.36. The van der Waals surface area contributed by atoms with Crippen molar-refractivity contribution in [3.8, 4) is 0 Å². The van der Waals surface area contributed by atoms with Crippen molar-refractivity contribution in [2.45, 2.75) is 58.2 Å². The molecule has 0 radical (unpaired) electrons. The summed E-state index contributed by atoms with van der Waals surface area (Å²) in [6, 6.07) is 0. The van der Waals surface area contributed by atoms with Crippen LogP contribution in [0.2, 0.25) is 0 Å². The Morgan fingerprint density at radius 3 is 2.29 bits per heavy atom. The average Bonchev–Trinajstić information content (AvgIpc) is 2.60. The van der Waals surface area contributed by atoms with Gasteiger partial charge < -0.3 is 15.0 Å². The number of carbonyl (C=O) groups is 1. The number of nitrogens with one attached hydrogen (secondary N) is 1. The SMILES string of the molecule is CC1CN(CCC2CCN(C(=O)C3CCNCC3)CC2)CC(C)O1. The lowest BCUT2D eigenvalue weighted by Gasteiger charge is -2.38. The fourth-order valence-corrected chi connectivity index (χ4v) is 4.60. The summed E-state index contributed by atoms with van der Waals surface area (Å²) in [5.74, 6) is 1.49. The molecule has 3 aliphatic heterocycles. The zero-order valence-corrected chi connectivity index (χ0v) is 15.5. The largest absolute Gasteiger partial charge is 0.373 e. The van der Waals surface area contributed by atoms with Gasteiger partial charge in [-0.15, -0.1) is 0 Å².